The van der Waals surface area contributed by atoms with Gasteiger partial charge >= 0.3 is 0 Å². The third-order valence-electron chi connectivity index (χ3n) is 6.92. The minimum atomic E-state index is -3.68. The van der Waals surface area contributed by atoms with Crippen molar-refractivity contribution < 1.29 is 13.2 Å². The summed E-state index contributed by atoms with van der Waals surface area (Å²) in [5.74, 6) is 0.356. The van der Waals surface area contributed by atoms with Crippen LogP contribution in [0.25, 0.3) is 10.8 Å². The summed E-state index contributed by atoms with van der Waals surface area (Å²) in [6, 6.07) is 14.3. The third kappa shape index (κ3) is 5.02. The Labute approximate surface area is 219 Å². The number of carbonyl (C=O) groups is 1. The number of benzene rings is 3. The van der Waals surface area contributed by atoms with Crippen LogP contribution in [0.4, 0.5) is 0 Å². The van der Waals surface area contributed by atoms with Gasteiger partial charge in [0.15, 0.2) is 0 Å². The smallest absolute Gasteiger partial charge is 0.254 e. The molecule has 36 heavy (non-hydrogen) atoms. The number of halogens is 1. The van der Waals surface area contributed by atoms with E-state index >= 15 is 0 Å². The van der Waals surface area contributed by atoms with E-state index in [9.17, 15) is 13.2 Å². The van der Waals surface area contributed by atoms with Crippen molar-refractivity contribution in [3.63, 3.8) is 0 Å². The van der Waals surface area contributed by atoms with Crippen molar-refractivity contribution in [2.75, 3.05) is 26.2 Å². The lowest BCUT2D eigenvalue weighted by Crippen LogP contribution is -2.50. The Morgan fingerprint density at radius 3 is 2.11 bits per heavy atom. The van der Waals surface area contributed by atoms with Crippen LogP contribution in [0, 0.1) is 0 Å². The highest BCUT2D eigenvalue weighted by atomic mass is 35.5. The van der Waals surface area contributed by atoms with Crippen LogP contribution in [0.1, 0.15) is 66.6 Å². The molecule has 0 unspecified atom stereocenters. The van der Waals surface area contributed by atoms with Gasteiger partial charge in [-0.3, -0.25) is 4.79 Å². The Kier molecular flexibility index (Phi) is 7.76. The molecule has 0 aliphatic carbocycles. The molecule has 8 heteroatoms. The van der Waals surface area contributed by atoms with Crippen molar-refractivity contribution >= 4 is 38.3 Å². The monoisotopic (exact) mass is 527 g/mol. The summed E-state index contributed by atoms with van der Waals surface area (Å²) in [6.07, 6.45) is 0. The molecule has 1 fully saturated rings. The fraction of sp³-hybridized carbons (Fsp3) is 0.393. The lowest BCUT2D eigenvalue weighted by atomic mass is 9.83. The minimum absolute atomic E-state index is 0.0520. The van der Waals surface area contributed by atoms with Crippen LogP contribution in [-0.4, -0.2) is 49.7 Å². The highest BCUT2D eigenvalue weighted by Gasteiger charge is 2.32. The molecule has 3 aromatic rings. The summed E-state index contributed by atoms with van der Waals surface area (Å²) in [7, 11) is -3.68. The zero-order chi connectivity index (χ0) is 26.2. The number of carbonyl (C=O) groups excluding carboxylic acids is 1. The molecule has 1 aliphatic heterocycles. The Hall–Kier alpha value is -2.45. The second-order valence-corrected chi connectivity index (χ2v) is 12.3. The molecular formula is C28H34ClN3O3S. The average molecular weight is 528 g/mol. The van der Waals surface area contributed by atoms with Gasteiger partial charge in [0.25, 0.3) is 5.91 Å². The van der Waals surface area contributed by atoms with Crippen LogP contribution in [0.2, 0.25) is 5.02 Å². The number of nitrogens with two attached hydrogens (primary N) is 1. The lowest BCUT2D eigenvalue weighted by Gasteiger charge is -2.35. The molecule has 192 valence electrons. The molecule has 1 aliphatic rings. The number of rotatable bonds is 6. The zero-order valence-electron chi connectivity index (χ0n) is 21.3. The van der Waals surface area contributed by atoms with Gasteiger partial charge in [-0.05, 0) is 69.6 Å². The summed E-state index contributed by atoms with van der Waals surface area (Å²) in [4.78, 5) is 15.6. The van der Waals surface area contributed by atoms with E-state index in [1.807, 2.05) is 24.3 Å². The van der Waals surface area contributed by atoms with E-state index in [2.05, 4.69) is 27.7 Å². The van der Waals surface area contributed by atoms with E-state index in [0.29, 0.717) is 30.2 Å². The fourth-order valence-electron chi connectivity index (χ4n) is 5.16. The molecule has 0 bridgehead atoms. The number of hydrogen-bond acceptors (Lipinski definition) is 4. The van der Waals surface area contributed by atoms with Gasteiger partial charge in [0, 0.05) is 43.3 Å². The molecule has 4 rings (SSSR count). The summed E-state index contributed by atoms with van der Waals surface area (Å²) < 4.78 is 28.2. The number of nitrogens with zero attached hydrogens (tertiary/aromatic N) is 2. The van der Waals surface area contributed by atoms with Crippen LogP contribution in [0.15, 0.2) is 53.4 Å². The van der Waals surface area contributed by atoms with Gasteiger partial charge in [-0.25, -0.2) is 8.42 Å². The van der Waals surface area contributed by atoms with Gasteiger partial charge < -0.3 is 10.6 Å². The normalized spacial score (nSPS) is 15.3. The van der Waals surface area contributed by atoms with Crippen molar-refractivity contribution in [2.45, 2.75) is 51.0 Å². The highest BCUT2D eigenvalue weighted by molar-refractivity contribution is 7.89. The van der Waals surface area contributed by atoms with E-state index in [-0.39, 0.29) is 35.7 Å². The van der Waals surface area contributed by atoms with Crippen molar-refractivity contribution in [2.24, 2.45) is 5.73 Å². The minimum Gasteiger partial charge on any atom is -0.336 e. The standard InChI is InChI=1S/C28H34ClN3O3S/c1-18(2)26-22(17-30)7-10-25(27(26)19(3)4)28(33)31-11-13-32(14-12-31)36(34,35)24-9-6-20-15-23(29)8-5-21(20)16-24/h5-10,15-16,18-19H,11-14,17,30H2,1-4H3. The molecule has 0 atom stereocenters. The molecule has 2 N–H and O–H groups in total. The molecule has 0 spiro atoms. The second-order valence-electron chi connectivity index (χ2n) is 9.96. The topological polar surface area (TPSA) is 83.7 Å². The SMILES string of the molecule is CC(C)c1c(CN)ccc(C(=O)N2CCN(S(=O)(=O)c3ccc4cc(Cl)ccc4c3)CC2)c1C(C)C. The molecule has 1 saturated heterocycles. The Balaban J connectivity index is 1.55. The fourth-order valence-corrected chi connectivity index (χ4v) is 6.79. The first-order chi connectivity index (χ1) is 17.0. The Morgan fingerprint density at radius 1 is 0.889 bits per heavy atom. The van der Waals surface area contributed by atoms with Gasteiger partial charge in [0.2, 0.25) is 10.0 Å². The predicted molar refractivity (Wildman–Crippen MR) is 146 cm³/mol. The summed E-state index contributed by atoms with van der Waals surface area (Å²) in [5.41, 5.74) is 9.96. The van der Waals surface area contributed by atoms with Crippen LogP contribution in [-0.2, 0) is 16.6 Å². The Morgan fingerprint density at radius 2 is 1.50 bits per heavy atom. The van der Waals surface area contributed by atoms with Crippen molar-refractivity contribution in [3.8, 4) is 0 Å². The van der Waals surface area contributed by atoms with Gasteiger partial charge in [0.1, 0.15) is 0 Å². The number of hydrogen-bond donors (Lipinski definition) is 1. The molecule has 6 nitrogen and oxygen atoms in total. The molecule has 1 heterocycles. The van der Waals surface area contributed by atoms with E-state index < -0.39 is 10.0 Å². The van der Waals surface area contributed by atoms with Crippen LogP contribution in [0.3, 0.4) is 0 Å². The van der Waals surface area contributed by atoms with Crippen LogP contribution < -0.4 is 5.73 Å². The first kappa shape index (κ1) is 26.6. The van der Waals surface area contributed by atoms with E-state index in [1.54, 1.807) is 29.2 Å². The number of piperazine rings is 1. The van der Waals surface area contributed by atoms with E-state index in [0.717, 1.165) is 27.5 Å². The van der Waals surface area contributed by atoms with E-state index in [1.165, 1.54) is 4.31 Å². The zero-order valence-corrected chi connectivity index (χ0v) is 22.9. The van der Waals surface area contributed by atoms with Gasteiger partial charge in [-0.1, -0.05) is 57.5 Å². The highest BCUT2D eigenvalue weighted by Crippen LogP contribution is 2.33. The molecule has 0 saturated carbocycles. The number of amides is 1. The summed E-state index contributed by atoms with van der Waals surface area (Å²) >= 11 is 6.06. The number of sulfonamides is 1. The van der Waals surface area contributed by atoms with Crippen LogP contribution >= 0.6 is 11.6 Å². The molecule has 1 amide bonds. The third-order valence-corrected chi connectivity index (χ3v) is 9.05. The molecular weight excluding hydrogens is 494 g/mol. The van der Waals surface area contributed by atoms with Crippen molar-refractivity contribution in [3.05, 3.63) is 75.8 Å². The van der Waals surface area contributed by atoms with E-state index in [4.69, 9.17) is 17.3 Å². The Bertz CT molecular complexity index is 1390. The van der Waals surface area contributed by atoms with Gasteiger partial charge in [0.05, 0.1) is 4.90 Å². The quantitative estimate of drug-likeness (QED) is 0.468. The van der Waals surface area contributed by atoms with Crippen molar-refractivity contribution in [1.29, 1.82) is 0 Å². The van der Waals surface area contributed by atoms with Gasteiger partial charge in [-0.2, -0.15) is 4.31 Å². The maximum Gasteiger partial charge on any atom is 0.254 e. The maximum absolute atomic E-state index is 13.6. The number of fused-ring (bicyclic) bond motifs is 1. The second kappa shape index (κ2) is 10.5. The molecule has 0 aromatic heterocycles. The largest absolute Gasteiger partial charge is 0.336 e. The molecule has 3 aromatic carbocycles. The lowest BCUT2D eigenvalue weighted by molar-refractivity contribution is 0.0696. The first-order valence-electron chi connectivity index (χ1n) is 12.4. The van der Waals surface area contributed by atoms with Crippen LogP contribution in [0.5, 0.6) is 0 Å². The predicted octanol–water partition coefficient (Wildman–Crippen LogP) is 5.35. The van der Waals surface area contributed by atoms with Crippen molar-refractivity contribution in [1.82, 2.24) is 9.21 Å². The average Bonchev–Trinajstić information content (AvgIpc) is 2.86. The first-order valence-corrected chi connectivity index (χ1v) is 14.2. The molecule has 0 radical (unpaired) electrons. The van der Waals surface area contributed by atoms with Gasteiger partial charge in [-0.15, -0.1) is 0 Å². The maximum atomic E-state index is 13.6. The summed E-state index contributed by atoms with van der Waals surface area (Å²) in [5, 5.41) is 2.31. The summed E-state index contributed by atoms with van der Waals surface area (Å²) in [6.45, 7) is 10.1.